The zero-order valence-corrected chi connectivity index (χ0v) is 13.2. The predicted molar refractivity (Wildman–Crippen MR) is 86.2 cm³/mol. The number of aliphatic hydroxyl groups is 1. The van der Waals surface area contributed by atoms with E-state index < -0.39 is 11.6 Å². The van der Waals surface area contributed by atoms with E-state index in [9.17, 15) is 9.90 Å². The van der Waals surface area contributed by atoms with Crippen LogP contribution in [-0.4, -0.2) is 34.6 Å². The van der Waals surface area contributed by atoms with Crippen molar-refractivity contribution in [1.82, 2.24) is 4.90 Å². The third kappa shape index (κ3) is 3.10. The molecule has 1 saturated carbocycles. The number of amides is 1. The molecule has 1 amide bonds. The maximum atomic E-state index is 12.0. The van der Waals surface area contributed by atoms with Crippen LogP contribution in [0.15, 0.2) is 24.3 Å². The van der Waals surface area contributed by atoms with Crippen LogP contribution < -0.4 is 5.73 Å². The highest BCUT2D eigenvalue weighted by atomic mass is 16.3. The maximum Gasteiger partial charge on any atom is 0.239 e. The predicted octanol–water partition coefficient (Wildman–Crippen LogP) is 1.71. The number of fused-ring (bicyclic) bond motifs is 1. The van der Waals surface area contributed by atoms with Crippen LogP contribution in [0.2, 0.25) is 0 Å². The minimum atomic E-state index is -0.568. The molecule has 1 aliphatic carbocycles. The second-order valence-electron chi connectivity index (χ2n) is 6.83. The number of hydrogen-bond donors (Lipinski definition) is 2. The summed E-state index contributed by atoms with van der Waals surface area (Å²) in [6, 6.07) is 8.62. The second kappa shape index (κ2) is 6.31. The normalized spacial score (nSPS) is 29.3. The van der Waals surface area contributed by atoms with Crippen molar-refractivity contribution in [2.75, 3.05) is 13.1 Å². The average Bonchev–Trinajstić information content (AvgIpc) is 2.55. The first-order valence-electron chi connectivity index (χ1n) is 8.29. The van der Waals surface area contributed by atoms with Crippen molar-refractivity contribution in [2.45, 2.75) is 43.7 Å². The lowest BCUT2D eigenvalue weighted by atomic mass is 9.71. The topological polar surface area (TPSA) is 90.3 Å². The molecular formula is C18H23N3O2. The largest absolute Gasteiger partial charge is 0.390 e. The van der Waals surface area contributed by atoms with E-state index in [2.05, 4.69) is 11.0 Å². The Hall–Kier alpha value is -1.90. The van der Waals surface area contributed by atoms with E-state index >= 15 is 0 Å². The molecule has 5 nitrogen and oxygen atoms in total. The minimum Gasteiger partial charge on any atom is -0.390 e. The summed E-state index contributed by atoms with van der Waals surface area (Å²) in [5.74, 6) is -0.166. The van der Waals surface area contributed by atoms with Crippen molar-refractivity contribution in [2.24, 2.45) is 11.7 Å². The summed E-state index contributed by atoms with van der Waals surface area (Å²) >= 11 is 0. The third-order valence-electron chi connectivity index (χ3n) is 5.45. The Labute approximate surface area is 136 Å². The van der Waals surface area contributed by atoms with E-state index in [1.165, 1.54) is 0 Å². The molecule has 5 heteroatoms. The van der Waals surface area contributed by atoms with Gasteiger partial charge in [0.1, 0.15) is 6.04 Å². The summed E-state index contributed by atoms with van der Waals surface area (Å²) in [6.07, 6.45) is 4.79. The van der Waals surface area contributed by atoms with Crippen LogP contribution in [-0.2, 0) is 4.79 Å². The Bertz CT molecular complexity index is 622. The molecule has 3 unspecified atom stereocenters. The van der Waals surface area contributed by atoms with Gasteiger partial charge in [-0.05, 0) is 37.0 Å². The number of nitrogens with zero attached hydrogens (tertiary/aromatic N) is 2. The smallest absolute Gasteiger partial charge is 0.239 e. The first-order valence-corrected chi connectivity index (χ1v) is 8.29. The van der Waals surface area contributed by atoms with Gasteiger partial charge >= 0.3 is 0 Å². The highest BCUT2D eigenvalue weighted by molar-refractivity contribution is 5.81. The minimum absolute atomic E-state index is 0.213. The van der Waals surface area contributed by atoms with Crippen LogP contribution in [0.3, 0.4) is 0 Å². The fourth-order valence-corrected chi connectivity index (χ4v) is 4.13. The van der Waals surface area contributed by atoms with Gasteiger partial charge in [0.05, 0.1) is 17.2 Å². The molecule has 3 atom stereocenters. The molecule has 1 heterocycles. The van der Waals surface area contributed by atoms with Gasteiger partial charge in [0.2, 0.25) is 5.91 Å². The van der Waals surface area contributed by atoms with Crippen molar-refractivity contribution in [1.29, 1.82) is 5.26 Å². The summed E-state index contributed by atoms with van der Waals surface area (Å²) in [6.45, 7) is 1.37. The highest BCUT2D eigenvalue weighted by Gasteiger charge is 2.44. The molecule has 2 fully saturated rings. The van der Waals surface area contributed by atoms with Crippen molar-refractivity contribution in [3.8, 4) is 6.07 Å². The Morgan fingerprint density at radius 2 is 2.09 bits per heavy atom. The van der Waals surface area contributed by atoms with Crippen LogP contribution in [0.4, 0.5) is 0 Å². The Morgan fingerprint density at radius 1 is 1.35 bits per heavy atom. The lowest BCUT2D eigenvalue weighted by Gasteiger charge is -2.49. The second-order valence-corrected chi connectivity index (χ2v) is 6.83. The Balaban J connectivity index is 1.81. The van der Waals surface area contributed by atoms with Crippen LogP contribution in [0.25, 0.3) is 0 Å². The van der Waals surface area contributed by atoms with Gasteiger partial charge in [-0.3, -0.25) is 9.69 Å². The van der Waals surface area contributed by atoms with E-state index in [1.807, 2.05) is 0 Å². The molecule has 0 spiro atoms. The lowest BCUT2D eigenvalue weighted by molar-refractivity contribution is -0.132. The molecule has 1 aliphatic heterocycles. The van der Waals surface area contributed by atoms with Gasteiger partial charge in [-0.25, -0.2) is 0 Å². The number of carbonyl (C=O) groups excluding carboxylic acids is 1. The molecule has 0 bridgehead atoms. The van der Waals surface area contributed by atoms with Gasteiger partial charge in [-0.15, -0.1) is 0 Å². The fourth-order valence-electron chi connectivity index (χ4n) is 4.13. The Morgan fingerprint density at radius 3 is 2.74 bits per heavy atom. The average molecular weight is 313 g/mol. The zero-order chi connectivity index (χ0) is 16.4. The molecule has 23 heavy (non-hydrogen) atoms. The molecule has 3 N–H and O–H groups in total. The van der Waals surface area contributed by atoms with Gasteiger partial charge < -0.3 is 10.8 Å². The number of nitriles is 1. The molecule has 2 aliphatic rings. The Kier molecular flexibility index (Phi) is 4.38. The van der Waals surface area contributed by atoms with Crippen molar-refractivity contribution >= 4 is 5.91 Å². The quantitative estimate of drug-likeness (QED) is 0.889. The van der Waals surface area contributed by atoms with Gasteiger partial charge in [-0.1, -0.05) is 25.0 Å². The van der Waals surface area contributed by atoms with E-state index in [4.69, 9.17) is 11.0 Å². The maximum absolute atomic E-state index is 12.0. The summed E-state index contributed by atoms with van der Waals surface area (Å²) < 4.78 is 0. The van der Waals surface area contributed by atoms with Crippen molar-refractivity contribution in [3.63, 3.8) is 0 Å². The highest BCUT2D eigenvalue weighted by Crippen LogP contribution is 2.41. The van der Waals surface area contributed by atoms with Crippen LogP contribution in [0.5, 0.6) is 0 Å². The third-order valence-corrected chi connectivity index (χ3v) is 5.45. The summed E-state index contributed by atoms with van der Waals surface area (Å²) in [7, 11) is 0. The first-order chi connectivity index (χ1) is 11.0. The van der Waals surface area contributed by atoms with Crippen LogP contribution >= 0.6 is 0 Å². The van der Waals surface area contributed by atoms with Gasteiger partial charge in [-0.2, -0.15) is 5.26 Å². The summed E-state index contributed by atoms with van der Waals surface area (Å²) in [4.78, 5) is 14.1. The number of hydrogen-bond acceptors (Lipinski definition) is 4. The van der Waals surface area contributed by atoms with Gasteiger partial charge in [0, 0.05) is 19.0 Å². The molecular weight excluding hydrogens is 290 g/mol. The number of benzene rings is 1. The number of nitrogens with two attached hydrogens (primary N) is 1. The molecule has 0 aromatic heterocycles. The molecule has 122 valence electrons. The SMILES string of the molecule is N#Cc1ccc(C(C(N)=O)N2CCC3(O)CCCCC3C2)cc1. The first kappa shape index (κ1) is 16.0. The van der Waals surface area contributed by atoms with Crippen molar-refractivity contribution < 1.29 is 9.90 Å². The van der Waals surface area contributed by atoms with E-state index in [1.54, 1.807) is 24.3 Å². The van der Waals surface area contributed by atoms with Gasteiger partial charge in [0.15, 0.2) is 0 Å². The summed E-state index contributed by atoms with van der Waals surface area (Å²) in [5.41, 5.74) is 6.48. The van der Waals surface area contributed by atoms with Gasteiger partial charge in [0.25, 0.3) is 0 Å². The molecule has 1 saturated heterocycles. The van der Waals surface area contributed by atoms with Crippen LogP contribution in [0, 0.1) is 17.2 Å². The number of rotatable bonds is 3. The molecule has 1 aromatic carbocycles. The monoisotopic (exact) mass is 313 g/mol. The number of carbonyl (C=O) groups is 1. The molecule has 3 rings (SSSR count). The zero-order valence-electron chi connectivity index (χ0n) is 13.2. The number of likely N-dealkylation sites (tertiary alicyclic amines) is 1. The fraction of sp³-hybridized carbons (Fsp3) is 0.556. The standard InChI is InChI=1S/C18H23N3O2/c19-11-13-4-6-14(7-5-13)16(17(20)22)21-10-9-18(23)8-2-1-3-15(18)12-21/h4-7,15-16,23H,1-3,8-10,12H2,(H2,20,22). The molecule has 1 aromatic rings. The summed E-state index contributed by atoms with van der Waals surface area (Å²) in [5, 5.41) is 19.7. The van der Waals surface area contributed by atoms with E-state index in [-0.39, 0.29) is 11.8 Å². The molecule has 0 radical (unpaired) electrons. The van der Waals surface area contributed by atoms with Crippen LogP contribution in [0.1, 0.15) is 49.3 Å². The van der Waals surface area contributed by atoms with E-state index in [0.717, 1.165) is 31.2 Å². The number of piperidine rings is 1. The number of primary amides is 1. The lowest BCUT2D eigenvalue weighted by Crippen LogP contribution is -2.55. The van der Waals surface area contributed by atoms with Crippen molar-refractivity contribution in [3.05, 3.63) is 35.4 Å². The van der Waals surface area contributed by atoms with E-state index in [0.29, 0.717) is 25.1 Å².